The maximum Gasteiger partial charge on any atom is 0.220 e. The largest absolute Gasteiger partial charge is 0.392 e. The molecule has 2 N–H and O–H groups in total. The Morgan fingerprint density at radius 3 is 2.53 bits per heavy atom. The third kappa shape index (κ3) is 2.82. The predicted octanol–water partition coefficient (Wildman–Crippen LogP) is 2.23. The third-order valence-corrected chi connectivity index (χ3v) is 4.81. The van der Waals surface area contributed by atoms with E-state index in [2.05, 4.69) is 5.32 Å². The van der Waals surface area contributed by atoms with E-state index in [-0.39, 0.29) is 23.5 Å². The van der Waals surface area contributed by atoms with Gasteiger partial charge in [-0.15, -0.1) is 0 Å². The van der Waals surface area contributed by atoms with Crippen LogP contribution in [0.15, 0.2) is 0 Å². The van der Waals surface area contributed by atoms with Crippen molar-refractivity contribution < 1.29 is 9.90 Å². The molecular weight excluding hydrogens is 214 g/mol. The Hall–Kier alpha value is -0.570. The lowest BCUT2D eigenvalue weighted by molar-refractivity contribution is -0.129. The Morgan fingerprint density at radius 2 is 2.00 bits per heavy atom. The van der Waals surface area contributed by atoms with Crippen LogP contribution < -0.4 is 5.32 Å². The molecule has 2 aliphatic carbocycles. The number of nitrogens with one attached hydrogen (secondary N) is 1. The molecule has 1 amide bonds. The fourth-order valence-corrected chi connectivity index (χ4v) is 3.05. The quantitative estimate of drug-likeness (QED) is 0.790. The molecule has 98 valence electrons. The van der Waals surface area contributed by atoms with Crippen molar-refractivity contribution in [3.8, 4) is 0 Å². The van der Waals surface area contributed by atoms with Crippen molar-refractivity contribution in [1.29, 1.82) is 0 Å². The summed E-state index contributed by atoms with van der Waals surface area (Å²) in [6.07, 6.45) is 7.45. The Kier molecular flexibility index (Phi) is 3.76. The number of hydrogen-bond donors (Lipinski definition) is 2. The van der Waals surface area contributed by atoms with Crippen LogP contribution >= 0.6 is 0 Å². The highest BCUT2D eigenvalue weighted by Crippen LogP contribution is 2.40. The van der Waals surface area contributed by atoms with Gasteiger partial charge in [0.25, 0.3) is 0 Å². The molecule has 0 aromatic heterocycles. The molecular formula is C14H25NO2. The van der Waals surface area contributed by atoms with Gasteiger partial charge in [-0.25, -0.2) is 0 Å². The van der Waals surface area contributed by atoms with Crippen molar-refractivity contribution in [3.05, 3.63) is 0 Å². The molecule has 3 heteroatoms. The lowest BCUT2D eigenvalue weighted by Gasteiger charge is -2.49. The Bertz CT molecular complexity index is 282. The van der Waals surface area contributed by atoms with E-state index in [1.54, 1.807) is 0 Å². The maximum absolute atomic E-state index is 11.8. The van der Waals surface area contributed by atoms with Crippen molar-refractivity contribution >= 4 is 5.91 Å². The molecule has 0 aromatic carbocycles. The van der Waals surface area contributed by atoms with Crippen molar-refractivity contribution in [2.75, 3.05) is 0 Å². The molecule has 0 aromatic rings. The highest BCUT2D eigenvalue weighted by Gasteiger charge is 2.47. The van der Waals surface area contributed by atoms with Gasteiger partial charge in [0.15, 0.2) is 0 Å². The van der Waals surface area contributed by atoms with Gasteiger partial charge in [0.1, 0.15) is 0 Å². The monoisotopic (exact) mass is 239 g/mol. The van der Waals surface area contributed by atoms with Crippen LogP contribution in [-0.4, -0.2) is 23.2 Å². The molecule has 0 aliphatic heterocycles. The second-order valence-electron chi connectivity index (χ2n) is 6.38. The molecule has 17 heavy (non-hydrogen) atoms. The van der Waals surface area contributed by atoms with E-state index in [9.17, 15) is 9.90 Å². The molecule has 0 saturated heterocycles. The minimum Gasteiger partial charge on any atom is -0.392 e. The minimum absolute atomic E-state index is 0.150. The molecule has 2 aliphatic rings. The smallest absolute Gasteiger partial charge is 0.220 e. The second kappa shape index (κ2) is 4.97. The standard InChI is InChI=1S/C14H25NO2/c1-14(2)11(9-12(14)16)15-13(17)8-7-10-5-3-4-6-10/h10-12,16H,3-9H2,1-2H3,(H,15,17). The Balaban J connectivity index is 1.67. The number of rotatable bonds is 4. The van der Waals surface area contributed by atoms with E-state index in [0.29, 0.717) is 12.8 Å². The van der Waals surface area contributed by atoms with Crippen LogP contribution in [0.2, 0.25) is 0 Å². The molecule has 2 unspecified atom stereocenters. The molecule has 0 radical (unpaired) electrons. The molecule has 3 nitrogen and oxygen atoms in total. The van der Waals surface area contributed by atoms with E-state index in [0.717, 1.165) is 12.3 Å². The summed E-state index contributed by atoms with van der Waals surface area (Å²) in [4.78, 5) is 11.8. The van der Waals surface area contributed by atoms with Gasteiger partial charge in [0, 0.05) is 17.9 Å². The van der Waals surface area contributed by atoms with Gasteiger partial charge < -0.3 is 10.4 Å². The van der Waals surface area contributed by atoms with E-state index in [1.807, 2.05) is 13.8 Å². The van der Waals surface area contributed by atoms with Crippen molar-refractivity contribution in [3.63, 3.8) is 0 Å². The molecule has 0 heterocycles. The van der Waals surface area contributed by atoms with Gasteiger partial charge in [0.2, 0.25) is 5.91 Å². The molecule has 0 spiro atoms. The highest BCUT2D eigenvalue weighted by molar-refractivity contribution is 5.76. The number of amides is 1. The normalized spacial score (nSPS) is 32.2. The van der Waals surface area contributed by atoms with Crippen LogP contribution in [0.25, 0.3) is 0 Å². The zero-order valence-electron chi connectivity index (χ0n) is 11.0. The number of aliphatic hydroxyl groups excluding tert-OH is 1. The fraction of sp³-hybridized carbons (Fsp3) is 0.929. The lowest BCUT2D eigenvalue weighted by atomic mass is 9.64. The minimum atomic E-state index is -0.261. The van der Waals surface area contributed by atoms with Crippen LogP contribution in [0.1, 0.15) is 58.8 Å². The van der Waals surface area contributed by atoms with Gasteiger partial charge in [-0.2, -0.15) is 0 Å². The van der Waals surface area contributed by atoms with Crippen LogP contribution in [0.4, 0.5) is 0 Å². The summed E-state index contributed by atoms with van der Waals surface area (Å²) in [6, 6.07) is 0.161. The summed E-state index contributed by atoms with van der Waals surface area (Å²) in [5.74, 6) is 0.947. The highest BCUT2D eigenvalue weighted by atomic mass is 16.3. The van der Waals surface area contributed by atoms with Crippen LogP contribution in [-0.2, 0) is 4.79 Å². The topological polar surface area (TPSA) is 49.3 Å². The average Bonchev–Trinajstić information content (AvgIpc) is 2.79. The van der Waals surface area contributed by atoms with Crippen LogP contribution in [0.3, 0.4) is 0 Å². The molecule has 2 atom stereocenters. The van der Waals surface area contributed by atoms with Gasteiger partial charge in [0.05, 0.1) is 6.10 Å². The van der Waals surface area contributed by atoms with E-state index >= 15 is 0 Å². The first-order valence-electron chi connectivity index (χ1n) is 6.97. The van der Waals surface area contributed by atoms with E-state index in [1.165, 1.54) is 25.7 Å². The summed E-state index contributed by atoms with van der Waals surface area (Å²) in [5, 5.41) is 12.7. The number of carbonyl (C=O) groups is 1. The zero-order valence-corrected chi connectivity index (χ0v) is 11.0. The van der Waals surface area contributed by atoms with Crippen molar-refractivity contribution in [1.82, 2.24) is 5.32 Å². The molecule has 2 rings (SSSR count). The van der Waals surface area contributed by atoms with Crippen LogP contribution in [0.5, 0.6) is 0 Å². The van der Waals surface area contributed by atoms with Crippen molar-refractivity contribution in [2.45, 2.75) is 70.9 Å². The summed E-state index contributed by atoms with van der Waals surface area (Å²) < 4.78 is 0. The molecule has 0 bridgehead atoms. The SMILES string of the molecule is CC1(C)C(O)CC1NC(=O)CCC1CCCC1. The second-order valence-corrected chi connectivity index (χ2v) is 6.38. The Labute approximate surface area is 104 Å². The first-order valence-corrected chi connectivity index (χ1v) is 6.97. The summed E-state index contributed by atoms with van der Waals surface area (Å²) in [7, 11) is 0. The number of hydrogen-bond acceptors (Lipinski definition) is 2. The predicted molar refractivity (Wildman–Crippen MR) is 67.5 cm³/mol. The fourth-order valence-electron chi connectivity index (χ4n) is 3.05. The molecule has 2 saturated carbocycles. The van der Waals surface area contributed by atoms with Gasteiger partial charge in [-0.05, 0) is 18.8 Å². The first kappa shape index (κ1) is 12.9. The van der Waals surface area contributed by atoms with Gasteiger partial charge in [-0.1, -0.05) is 39.5 Å². The van der Waals surface area contributed by atoms with E-state index < -0.39 is 0 Å². The van der Waals surface area contributed by atoms with Gasteiger partial charge >= 0.3 is 0 Å². The summed E-state index contributed by atoms with van der Waals surface area (Å²) in [5.41, 5.74) is -0.150. The Morgan fingerprint density at radius 1 is 1.35 bits per heavy atom. The lowest BCUT2D eigenvalue weighted by Crippen LogP contribution is -2.61. The first-order chi connectivity index (χ1) is 8.00. The van der Waals surface area contributed by atoms with Crippen LogP contribution in [0, 0.1) is 11.3 Å². The summed E-state index contributed by atoms with van der Waals surface area (Å²) in [6.45, 7) is 4.03. The third-order valence-electron chi connectivity index (χ3n) is 4.81. The molecule has 2 fully saturated rings. The van der Waals surface area contributed by atoms with Crippen molar-refractivity contribution in [2.24, 2.45) is 11.3 Å². The zero-order chi connectivity index (χ0) is 12.5. The maximum atomic E-state index is 11.8. The average molecular weight is 239 g/mol. The van der Waals surface area contributed by atoms with Gasteiger partial charge in [-0.3, -0.25) is 4.79 Å². The number of carbonyl (C=O) groups excluding carboxylic acids is 1. The number of aliphatic hydroxyl groups is 1. The van der Waals surface area contributed by atoms with E-state index in [4.69, 9.17) is 0 Å². The summed E-state index contributed by atoms with van der Waals surface area (Å²) >= 11 is 0.